The fraction of sp³-hybridized carbons (Fsp3) is 0.500. The van der Waals surface area contributed by atoms with E-state index < -0.39 is 6.10 Å². The lowest BCUT2D eigenvalue weighted by atomic mass is 10.1. The Hall–Kier alpha value is -1.07. The van der Waals surface area contributed by atoms with Crippen LogP contribution in [-0.2, 0) is 6.42 Å². The van der Waals surface area contributed by atoms with Crippen molar-refractivity contribution >= 4 is 15.9 Å². The smallest absolute Gasteiger partial charge is 0.174 e. The van der Waals surface area contributed by atoms with Crippen molar-refractivity contribution in [1.29, 1.82) is 0 Å². The third-order valence-corrected chi connectivity index (χ3v) is 4.41. The first-order valence-electron chi connectivity index (χ1n) is 6.69. The van der Waals surface area contributed by atoms with Crippen molar-refractivity contribution in [1.82, 2.24) is 9.78 Å². The zero-order valence-electron chi connectivity index (χ0n) is 10.6. The molecule has 4 nitrogen and oxygen atoms in total. The summed E-state index contributed by atoms with van der Waals surface area (Å²) < 4.78 is 7.79. The molecule has 0 aliphatic heterocycles. The van der Waals surface area contributed by atoms with E-state index in [9.17, 15) is 5.11 Å². The third kappa shape index (κ3) is 2.77. The van der Waals surface area contributed by atoms with Gasteiger partial charge < -0.3 is 9.52 Å². The minimum absolute atomic E-state index is 0.512. The summed E-state index contributed by atoms with van der Waals surface area (Å²) in [6, 6.07) is 4.32. The number of halogens is 1. The molecular formula is C14H17BrN2O2. The Morgan fingerprint density at radius 1 is 1.42 bits per heavy atom. The van der Waals surface area contributed by atoms with E-state index in [1.165, 1.54) is 25.7 Å². The van der Waals surface area contributed by atoms with Crippen LogP contribution >= 0.6 is 15.9 Å². The number of aliphatic hydroxyl groups excluding tert-OH is 1. The van der Waals surface area contributed by atoms with Gasteiger partial charge in [0.25, 0.3) is 0 Å². The molecule has 5 heteroatoms. The van der Waals surface area contributed by atoms with E-state index in [0.717, 1.165) is 11.3 Å². The molecule has 0 radical (unpaired) electrons. The third-order valence-electron chi connectivity index (χ3n) is 3.77. The number of aromatic nitrogens is 2. The predicted molar refractivity (Wildman–Crippen MR) is 74.8 cm³/mol. The average Bonchev–Trinajstić information content (AvgIpc) is 3.07. The van der Waals surface area contributed by atoms with Crippen LogP contribution in [0.15, 0.2) is 33.7 Å². The Bertz CT molecular complexity index is 543. The summed E-state index contributed by atoms with van der Waals surface area (Å²) in [4.78, 5) is 0. The minimum Gasteiger partial charge on any atom is -0.457 e. The molecule has 0 spiro atoms. The van der Waals surface area contributed by atoms with Gasteiger partial charge in [0.05, 0.1) is 24.1 Å². The van der Waals surface area contributed by atoms with Gasteiger partial charge in [-0.05, 0) is 40.9 Å². The van der Waals surface area contributed by atoms with Gasteiger partial charge in [-0.3, -0.25) is 4.68 Å². The molecule has 2 aromatic rings. The maximum Gasteiger partial charge on any atom is 0.174 e. The van der Waals surface area contributed by atoms with Crippen molar-refractivity contribution in [2.45, 2.75) is 44.2 Å². The van der Waals surface area contributed by atoms with E-state index >= 15 is 0 Å². The molecule has 0 bridgehead atoms. The van der Waals surface area contributed by atoms with Gasteiger partial charge in [0.15, 0.2) is 4.67 Å². The zero-order chi connectivity index (χ0) is 13.2. The highest BCUT2D eigenvalue weighted by atomic mass is 79.9. The second-order valence-electron chi connectivity index (χ2n) is 5.09. The van der Waals surface area contributed by atoms with Crippen molar-refractivity contribution in [2.24, 2.45) is 0 Å². The van der Waals surface area contributed by atoms with Crippen LogP contribution in [0.5, 0.6) is 0 Å². The van der Waals surface area contributed by atoms with Crippen molar-refractivity contribution < 1.29 is 9.52 Å². The highest BCUT2D eigenvalue weighted by Crippen LogP contribution is 2.30. The van der Waals surface area contributed by atoms with E-state index in [1.807, 2.05) is 12.3 Å². The van der Waals surface area contributed by atoms with Crippen LogP contribution in [-0.4, -0.2) is 14.9 Å². The standard InChI is InChI=1S/C14H17BrN2O2/c15-14-12(6-8-19-14)13(18)9-10-5-7-17(16-10)11-3-1-2-4-11/h5-8,11,13,18H,1-4,9H2. The molecule has 1 unspecified atom stereocenters. The highest BCUT2D eigenvalue weighted by molar-refractivity contribution is 9.10. The first-order valence-corrected chi connectivity index (χ1v) is 7.48. The topological polar surface area (TPSA) is 51.2 Å². The van der Waals surface area contributed by atoms with E-state index in [1.54, 1.807) is 12.3 Å². The maximum absolute atomic E-state index is 10.2. The maximum atomic E-state index is 10.2. The molecule has 19 heavy (non-hydrogen) atoms. The Labute approximate surface area is 120 Å². The van der Waals surface area contributed by atoms with Gasteiger partial charge in [0, 0.05) is 18.2 Å². The highest BCUT2D eigenvalue weighted by Gasteiger charge is 2.19. The number of furan rings is 1. The summed E-state index contributed by atoms with van der Waals surface area (Å²) in [7, 11) is 0. The number of aliphatic hydroxyl groups is 1. The van der Waals surface area contributed by atoms with Crippen LogP contribution in [0, 0.1) is 0 Å². The van der Waals surface area contributed by atoms with Gasteiger partial charge >= 0.3 is 0 Å². The Balaban J connectivity index is 1.68. The Kier molecular flexibility index (Phi) is 3.75. The van der Waals surface area contributed by atoms with Gasteiger partial charge in [0.2, 0.25) is 0 Å². The molecule has 1 aliphatic rings. The molecule has 1 N–H and O–H groups in total. The van der Waals surface area contributed by atoms with Gasteiger partial charge in [-0.2, -0.15) is 5.10 Å². The predicted octanol–water partition coefficient (Wildman–Crippen LogP) is 3.63. The molecule has 1 atom stereocenters. The fourth-order valence-electron chi connectivity index (χ4n) is 2.71. The van der Waals surface area contributed by atoms with Gasteiger partial charge in [-0.25, -0.2) is 0 Å². The molecular weight excluding hydrogens is 308 g/mol. The molecule has 1 aliphatic carbocycles. The zero-order valence-corrected chi connectivity index (χ0v) is 12.2. The van der Waals surface area contributed by atoms with Gasteiger partial charge in [-0.15, -0.1) is 0 Å². The molecule has 102 valence electrons. The number of rotatable bonds is 4. The molecule has 0 amide bonds. The second kappa shape index (κ2) is 5.51. The first kappa shape index (κ1) is 12.9. The summed E-state index contributed by atoms with van der Waals surface area (Å²) >= 11 is 3.29. The first-order chi connectivity index (χ1) is 9.24. The van der Waals surface area contributed by atoms with Crippen molar-refractivity contribution in [3.8, 4) is 0 Å². The summed E-state index contributed by atoms with van der Waals surface area (Å²) in [5.41, 5.74) is 1.70. The molecule has 1 saturated carbocycles. The normalized spacial score (nSPS) is 18.0. The van der Waals surface area contributed by atoms with E-state index in [4.69, 9.17) is 4.42 Å². The molecule has 1 fully saturated rings. The number of nitrogens with zero attached hydrogens (tertiary/aromatic N) is 2. The summed E-state index contributed by atoms with van der Waals surface area (Å²) in [6.07, 6.45) is 8.56. The van der Waals surface area contributed by atoms with E-state index in [0.29, 0.717) is 17.1 Å². The number of hydrogen-bond acceptors (Lipinski definition) is 3. The van der Waals surface area contributed by atoms with Crippen molar-refractivity contribution in [3.63, 3.8) is 0 Å². The second-order valence-corrected chi connectivity index (χ2v) is 5.82. The molecule has 2 heterocycles. The van der Waals surface area contributed by atoms with Gasteiger partial charge in [-0.1, -0.05) is 12.8 Å². The molecule has 2 aromatic heterocycles. The fourth-order valence-corrected chi connectivity index (χ4v) is 3.21. The number of hydrogen-bond donors (Lipinski definition) is 1. The quantitative estimate of drug-likeness (QED) is 0.934. The Morgan fingerprint density at radius 2 is 2.21 bits per heavy atom. The monoisotopic (exact) mass is 324 g/mol. The molecule has 0 aromatic carbocycles. The largest absolute Gasteiger partial charge is 0.457 e. The molecule has 3 rings (SSSR count). The average molecular weight is 325 g/mol. The molecule has 0 saturated heterocycles. The minimum atomic E-state index is -0.583. The van der Waals surface area contributed by atoms with Crippen LogP contribution < -0.4 is 0 Å². The Morgan fingerprint density at radius 3 is 2.89 bits per heavy atom. The summed E-state index contributed by atoms with van der Waals surface area (Å²) in [5.74, 6) is 0. The lowest BCUT2D eigenvalue weighted by molar-refractivity contribution is 0.174. The van der Waals surface area contributed by atoms with Gasteiger partial charge in [0.1, 0.15) is 0 Å². The van der Waals surface area contributed by atoms with Crippen molar-refractivity contribution in [3.05, 3.63) is 40.5 Å². The van der Waals surface area contributed by atoms with Crippen LogP contribution in [0.25, 0.3) is 0 Å². The van der Waals surface area contributed by atoms with Crippen LogP contribution in [0.1, 0.15) is 49.1 Å². The lowest BCUT2D eigenvalue weighted by Gasteiger charge is -2.10. The van der Waals surface area contributed by atoms with E-state index in [2.05, 4.69) is 25.7 Å². The van der Waals surface area contributed by atoms with Crippen LogP contribution in [0.2, 0.25) is 0 Å². The van der Waals surface area contributed by atoms with E-state index in [-0.39, 0.29) is 0 Å². The lowest BCUT2D eigenvalue weighted by Crippen LogP contribution is -2.07. The summed E-state index contributed by atoms with van der Waals surface area (Å²) in [6.45, 7) is 0. The van der Waals surface area contributed by atoms with Crippen LogP contribution in [0.3, 0.4) is 0 Å². The SMILES string of the molecule is OC(Cc1ccn(C2CCCC2)n1)c1ccoc1Br. The summed E-state index contributed by atoms with van der Waals surface area (Å²) in [5, 5.41) is 14.8. The van der Waals surface area contributed by atoms with Crippen LogP contribution in [0.4, 0.5) is 0 Å². The van der Waals surface area contributed by atoms with Crippen molar-refractivity contribution in [2.75, 3.05) is 0 Å².